The standard InChI is InChI=1S/C11H9F2N3/c1-6-2-3-7(4-8(6)12)10-9(13)5-15-11(14)16-10/h2-5H,1H3,(H2,14,15,16). The summed E-state index contributed by atoms with van der Waals surface area (Å²) in [5, 5.41) is 0. The summed E-state index contributed by atoms with van der Waals surface area (Å²) in [5.74, 6) is -1.08. The summed E-state index contributed by atoms with van der Waals surface area (Å²) in [4.78, 5) is 7.24. The van der Waals surface area contributed by atoms with Gasteiger partial charge in [0.2, 0.25) is 5.95 Å². The molecule has 0 fully saturated rings. The number of aromatic nitrogens is 2. The van der Waals surface area contributed by atoms with E-state index in [1.165, 1.54) is 6.07 Å². The zero-order valence-electron chi connectivity index (χ0n) is 8.54. The first-order chi connectivity index (χ1) is 7.58. The Labute approximate surface area is 91.0 Å². The average molecular weight is 221 g/mol. The molecule has 0 unspecified atom stereocenters. The minimum absolute atomic E-state index is 0.00593. The number of hydrogen-bond donors (Lipinski definition) is 1. The van der Waals surface area contributed by atoms with Crippen molar-refractivity contribution in [1.29, 1.82) is 0 Å². The van der Waals surface area contributed by atoms with Crippen LogP contribution in [0.2, 0.25) is 0 Å². The van der Waals surface area contributed by atoms with E-state index in [0.717, 1.165) is 6.20 Å². The van der Waals surface area contributed by atoms with Crippen molar-refractivity contribution >= 4 is 5.95 Å². The number of nitrogens with zero attached hydrogens (tertiary/aromatic N) is 2. The van der Waals surface area contributed by atoms with E-state index in [1.807, 2.05) is 0 Å². The highest BCUT2D eigenvalue weighted by atomic mass is 19.1. The molecule has 0 atom stereocenters. The van der Waals surface area contributed by atoms with Crippen LogP contribution in [0.1, 0.15) is 5.56 Å². The van der Waals surface area contributed by atoms with Crippen molar-refractivity contribution in [2.45, 2.75) is 6.92 Å². The number of hydrogen-bond acceptors (Lipinski definition) is 3. The van der Waals surface area contributed by atoms with Gasteiger partial charge >= 0.3 is 0 Å². The molecule has 0 spiro atoms. The molecule has 0 aliphatic carbocycles. The van der Waals surface area contributed by atoms with E-state index in [9.17, 15) is 8.78 Å². The second kappa shape index (κ2) is 3.84. The van der Waals surface area contributed by atoms with E-state index < -0.39 is 11.6 Å². The fraction of sp³-hybridized carbons (Fsp3) is 0.0909. The first-order valence-corrected chi connectivity index (χ1v) is 4.62. The van der Waals surface area contributed by atoms with Crippen molar-refractivity contribution in [3.8, 4) is 11.3 Å². The lowest BCUT2D eigenvalue weighted by molar-refractivity contribution is 0.613. The molecule has 0 radical (unpaired) electrons. The molecule has 5 heteroatoms. The normalized spacial score (nSPS) is 10.4. The van der Waals surface area contributed by atoms with Gasteiger partial charge in [0.1, 0.15) is 11.5 Å². The van der Waals surface area contributed by atoms with Crippen LogP contribution in [0.3, 0.4) is 0 Å². The molecule has 2 aromatic rings. The van der Waals surface area contributed by atoms with Crippen LogP contribution >= 0.6 is 0 Å². The molecule has 3 nitrogen and oxygen atoms in total. The van der Waals surface area contributed by atoms with Gasteiger partial charge in [-0.3, -0.25) is 0 Å². The van der Waals surface area contributed by atoms with Crippen LogP contribution in [0.4, 0.5) is 14.7 Å². The van der Waals surface area contributed by atoms with E-state index in [0.29, 0.717) is 11.1 Å². The highest BCUT2D eigenvalue weighted by Crippen LogP contribution is 2.22. The van der Waals surface area contributed by atoms with Gasteiger partial charge in [-0.2, -0.15) is 0 Å². The Morgan fingerprint density at radius 2 is 1.94 bits per heavy atom. The lowest BCUT2D eigenvalue weighted by Crippen LogP contribution is -1.99. The van der Waals surface area contributed by atoms with Gasteiger partial charge in [-0.15, -0.1) is 0 Å². The highest BCUT2D eigenvalue weighted by Gasteiger charge is 2.09. The number of aryl methyl sites for hydroxylation is 1. The van der Waals surface area contributed by atoms with Gasteiger partial charge in [-0.05, 0) is 18.6 Å². The summed E-state index contributed by atoms with van der Waals surface area (Å²) < 4.78 is 26.7. The van der Waals surface area contributed by atoms with Crippen LogP contribution in [0, 0.1) is 18.6 Å². The van der Waals surface area contributed by atoms with Crippen LogP contribution in [0.5, 0.6) is 0 Å². The van der Waals surface area contributed by atoms with Gasteiger partial charge in [0.05, 0.1) is 6.20 Å². The lowest BCUT2D eigenvalue weighted by atomic mass is 10.1. The highest BCUT2D eigenvalue weighted by molar-refractivity contribution is 5.61. The Hall–Kier alpha value is -2.04. The number of nitrogen functional groups attached to an aromatic ring is 1. The SMILES string of the molecule is Cc1ccc(-c2nc(N)ncc2F)cc1F. The van der Waals surface area contributed by atoms with Crippen molar-refractivity contribution in [3.05, 3.63) is 41.6 Å². The van der Waals surface area contributed by atoms with Gasteiger partial charge in [0.15, 0.2) is 5.82 Å². The van der Waals surface area contributed by atoms with Crippen molar-refractivity contribution in [1.82, 2.24) is 9.97 Å². The zero-order valence-corrected chi connectivity index (χ0v) is 8.54. The van der Waals surface area contributed by atoms with Crippen molar-refractivity contribution < 1.29 is 8.78 Å². The molecule has 1 aromatic heterocycles. The molecular weight excluding hydrogens is 212 g/mol. The van der Waals surface area contributed by atoms with Crippen LogP contribution in [0.15, 0.2) is 24.4 Å². The molecule has 82 valence electrons. The molecule has 2 rings (SSSR count). The van der Waals surface area contributed by atoms with E-state index >= 15 is 0 Å². The average Bonchev–Trinajstić information content (AvgIpc) is 2.26. The summed E-state index contributed by atoms with van der Waals surface area (Å²) in [6.07, 6.45) is 0.968. The number of benzene rings is 1. The molecule has 1 heterocycles. The van der Waals surface area contributed by atoms with Gasteiger partial charge < -0.3 is 5.73 Å². The minimum atomic E-state index is -0.627. The topological polar surface area (TPSA) is 51.8 Å². The lowest BCUT2D eigenvalue weighted by Gasteiger charge is -2.04. The largest absolute Gasteiger partial charge is 0.368 e. The molecular formula is C11H9F2N3. The summed E-state index contributed by atoms with van der Waals surface area (Å²) in [6.45, 7) is 1.63. The summed E-state index contributed by atoms with van der Waals surface area (Å²) >= 11 is 0. The minimum Gasteiger partial charge on any atom is -0.368 e. The third-order valence-electron chi connectivity index (χ3n) is 2.21. The molecule has 0 saturated heterocycles. The van der Waals surface area contributed by atoms with Crippen molar-refractivity contribution in [2.24, 2.45) is 0 Å². The molecule has 1 aromatic carbocycles. The van der Waals surface area contributed by atoms with Gasteiger partial charge in [-0.1, -0.05) is 12.1 Å². The monoisotopic (exact) mass is 221 g/mol. The zero-order chi connectivity index (χ0) is 11.7. The molecule has 2 N–H and O–H groups in total. The summed E-state index contributed by atoms with van der Waals surface area (Å²) in [6, 6.07) is 4.37. The van der Waals surface area contributed by atoms with Crippen molar-refractivity contribution in [2.75, 3.05) is 5.73 Å². The molecule has 0 aliphatic heterocycles. The molecule has 0 aliphatic rings. The van der Waals surface area contributed by atoms with E-state index in [-0.39, 0.29) is 11.6 Å². The second-order valence-electron chi connectivity index (χ2n) is 3.39. The third kappa shape index (κ3) is 1.84. The molecule has 0 saturated carbocycles. The predicted octanol–water partition coefficient (Wildman–Crippen LogP) is 2.31. The van der Waals surface area contributed by atoms with Gasteiger partial charge in [0, 0.05) is 5.56 Å². The van der Waals surface area contributed by atoms with Gasteiger partial charge in [-0.25, -0.2) is 18.7 Å². The maximum atomic E-state index is 13.4. The maximum Gasteiger partial charge on any atom is 0.220 e. The number of anilines is 1. The smallest absolute Gasteiger partial charge is 0.220 e. The predicted molar refractivity (Wildman–Crippen MR) is 56.5 cm³/mol. The van der Waals surface area contributed by atoms with E-state index in [2.05, 4.69) is 9.97 Å². The van der Waals surface area contributed by atoms with Crippen LogP contribution in [-0.2, 0) is 0 Å². The molecule has 0 bridgehead atoms. The van der Waals surface area contributed by atoms with Crippen LogP contribution < -0.4 is 5.73 Å². The number of rotatable bonds is 1. The number of halogens is 2. The van der Waals surface area contributed by atoms with Crippen LogP contribution in [-0.4, -0.2) is 9.97 Å². The Bertz CT molecular complexity index is 541. The fourth-order valence-electron chi connectivity index (χ4n) is 1.32. The Morgan fingerprint density at radius 3 is 2.62 bits per heavy atom. The Morgan fingerprint density at radius 1 is 1.19 bits per heavy atom. The first-order valence-electron chi connectivity index (χ1n) is 4.62. The number of nitrogens with two attached hydrogens (primary N) is 1. The summed E-state index contributed by atoms with van der Waals surface area (Å²) in [7, 11) is 0. The van der Waals surface area contributed by atoms with E-state index in [1.54, 1.807) is 19.1 Å². The van der Waals surface area contributed by atoms with Crippen LogP contribution in [0.25, 0.3) is 11.3 Å². The van der Waals surface area contributed by atoms with Gasteiger partial charge in [0.25, 0.3) is 0 Å². The first kappa shape index (κ1) is 10.5. The quantitative estimate of drug-likeness (QED) is 0.803. The molecule has 0 amide bonds. The Kier molecular flexibility index (Phi) is 2.52. The third-order valence-corrected chi connectivity index (χ3v) is 2.21. The van der Waals surface area contributed by atoms with Crippen molar-refractivity contribution in [3.63, 3.8) is 0 Å². The maximum absolute atomic E-state index is 13.4. The molecule has 16 heavy (non-hydrogen) atoms. The fourth-order valence-corrected chi connectivity index (χ4v) is 1.32. The summed E-state index contributed by atoms with van der Waals surface area (Å²) in [5.41, 5.74) is 6.19. The Balaban J connectivity index is 2.58. The van der Waals surface area contributed by atoms with E-state index in [4.69, 9.17) is 5.73 Å². The second-order valence-corrected chi connectivity index (χ2v) is 3.39.